The van der Waals surface area contributed by atoms with Gasteiger partial charge in [-0.05, 0) is 0 Å². The van der Waals surface area contributed by atoms with Gasteiger partial charge in [0.1, 0.15) is 18.9 Å². The van der Waals surface area contributed by atoms with E-state index in [-0.39, 0.29) is 0 Å². The second-order valence-corrected chi connectivity index (χ2v) is 4.47. The van der Waals surface area contributed by atoms with Crippen molar-refractivity contribution in [2.24, 2.45) is 7.05 Å². The lowest BCUT2D eigenvalue weighted by Crippen LogP contribution is -2.24. The highest BCUT2D eigenvalue weighted by atomic mass is 79.9. The lowest BCUT2D eigenvalue weighted by molar-refractivity contribution is -0.671. The molecule has 1 rings (SSSR count). The second-order valence-electron chi connectivity index (χ2n) is 2.53. The van der Waals surface area contributed by atoms with E-state index in [1.54, 1.807) is 0 Å². The number of nitrogens with zero attached hydrogens (tertiary/aromatic N) is 2. The molecule has 11 heavy (non-hydrogen) atoms. The van der Waals surface area contributed by atoms with Crippen LogP contribution in [0.1, 0.15) is 0 Å². The maximum atomic E-state index is 3.55. The number of hydrogen-bond acceptors (Lipinski definition) is 0. The Morgan fingerprint density at radius 3 is 2.82 bits per heavy atom. The summed E-state index contributed by atoms with van der Waals surface area (Å²) in [5, 5.41) is 0.981. The quantitative estimate of drug-likeness (QED) is 0.587. The van der Waals surface area contributed by atoms with Crippen LogP contribution in [0, 0.1) is 0 Å². The van der Waals surface area contributed by atoms with Crippen molar-refractivity contribution in [3.8, 4) is 0 Å². The molecule has 0 amide bonds. The Labute approximate surface area is 83.5 Å². The van der Waals surface area contributed by atoms with Crippen LogP contribution in [0.15, 0.2) is 18.7 Å². The minimum Gasteiger partial charge on any atom is -0.240 e. The molecule has 0 aliphatic rings. The molecule has 0 aliphatic heterocycles. The van der Waals surface area contributed by atoms with Gasteiger partial charge >= 0.3 is 0 Å². The molecule has 0 aromatic carbocycles. The van der Waals surface area contributed by atoms with E-state index < -0.39 is 0 Å². The third kappa shape index (κ3) is 2.95. The van der Waals surface area contributed by atoms with Crippen molar-refractivity contribution in [2.75, 3.05) is 5.33 Å². The average molecular weight is 283 g/mol. The first-order chi connectivity index (χ1) is 5.22. The maximum absolute atomic E-state index is 3.55. The van der Waals surface area contributed by atoms with Crippen LogP contribution < -0.4 is 4.57 Å². The number of aromatic nitrogens is 2. The Morgan fingerprint density at radius 1 is 1.64 bits per heavy atom. The van der Waals surface area contributed by atoms with Gasteiger partial charge in [-0.1, -0.05) is 31.9 Å². The fourth-order valence-electron chi connectivity index (χ4n) is 0.887. The van der Waals surface area contributed by atoms with Gasteiger partial charge in [0.25, 0.3) is 0 Å². The molecule has 1 unspecified atom stereocenters. The molecular formula is C7H11Br2N2+. The first-order valence-electron chi connectivity index (χ1n) is 3.43. The van der Waals surface area contributed by atoms with Gasteiger partial charge in [-0.15, -0.1) is 0 Å². The predicted molar refractivity (Wildman–Crippen MR) is 52.1 cm³/mol. The second kappa shape index (κ2) is 4.26. The third-order valence-corrected chi connectivity index (χ3v) is 3.66. The summed E-state index contributed by atoms with van der Waals surface area (Å²) in [6, 6.07) is 0. The van der Waals surface area contributed by atoms with E-state index in [1.165, 1.54) is 0 Å². The highest BCUT2D eigenvalue weighted by molar-refractivity contribution is 9.12. The van der Waals surface area contributed by atoms with Crippen molar-refractivity contribution in [3.63, 3.8) is 0 Å². The normalized spacial score (nSPS) is 13.4. The van der Waals surface area contributed by atoms with E-state index >= 15 is 0 Å². The fourth-order valence-corrected chi connectivity index (χ4v) is 1.43. The zero-order valence-electron chi connectivity index (χ0n) is 6.37. The van der Waals surface area contributed by atoms with Gasteiger partial charge < -0.3 is 0 Å². The molecule has 0 aliphatic carbocycles. The molecule has 0 radical (unpaired) electrons. The average Bonchev–Trinajstić information content (AvgIpc) is 2.35. The molecule has 0 N–H and O–H groups in total. The minimum absolute atomic E-state index is 0.509. The minimum atomic E-state index is 0.509. The van der Waals surface area contributed by atoms with Crippen molar-refractivity contribution in [1.29, 1.82) is 0 Å². The van der Waals surface area contributed by atoms with Crippen LogP contribution in [0.3, 0.4) is 0 Å². The van der Waals surface area contributed by atoms with Crippen LogP contribution in [0.5, 0.6) is 0 Å². The smallest absolute Gasteiger partial charge is 0.240 e. The Kier molecular flexibility index (Phi) is 3.59. The van der Waals surface area contributed by atoms with Crippen LogP contribution in [0.25, 0.3) is 0 Å². The Balaban J connectivity index is 2.50. The zero-order chi connectivity index (χ0) is 8.27. The van der Waals surface area contributed by atoms with Crippen LogP contribution in [-0.4, -0.2) is 14.7 Å². The van der Waals surface area contributed by atoms with E-state index in [2.05, 4.69) is 49.0 Å². The Bertz CT molecular complexity index is 222. The summed E-state index contributed by atoms with van der Waals surface area (Å²) in [6.07, 6.45) is 6.17. The van der Waals surface area contributed by atoms with E-state index in [4.69, 9.17) is 0 Å². The number of rotatable bonds is 3. The van der Waals surface area contributed by atoms with E-state index in [9.17, 15) is 0 Å². The summed E-state index contributed by atoms with van der Waals surface area (Å²) >= 11 is 6.96. The standard InChI is InChI=1S/C7H11Br2N2/c1-10-2-3-11(6-10)5-7(9)4-8/h2-3,6-7H,4-5H2,1H3/q+1. The van der Waals surface area contributed by atoms with Gasteiger partial charge in [0.15, 0.2) is 0 Å². The highest BCUT2D eigenvalue weighted by Crippen LogP contribution is 2.05. The zero-order valence-corrected chi connectivity index (χ0v) is 9.55. The Hall–Kier alpha value is 0.170. The summed E-state index contributed by atoms with van der Waals surface area (Å²) in [7, 11) is 2.02. The molecule has 1 aromatic rings. The molecule has 1 aromatic heterocycles. The first-order valence-corrected chi connectivity index (χ1v) is 5.47. The predicted octanol–water partition coefficient (Wildman–Crippen LogP) is 1.47. The van der Waals surface area contributed by atoms with E-state index in [0.717, 1.165) is 11.9 Å². The topological polar surface area (TPSA) is 8.81 Å². The molecule has 1 heterocycles. The number of aryl methyl sites for hydroxylation is 1. The first kappa shape index (κ1) is 9.26. The number of imidazole rings is 1. The highest BCUT2D eigenvalue weighted by Gasteiger charge is 2.06. The van der Waals surface area contributed by atoms with Crippen LogP contribution in [-0.2, 0) is 13.6 Å². The molecule has 2 nitrogen and oxygen atoms in total. The Morgan fingerprint density at radius 2 is 2.36 bits per heavy atom. The van der Waals surface area contributed by atoms with Crippen LogP contribution in [0.4, 0.5) is 0 Å². The molecule has 0 saturated heterocycles. The van der Waals surface area contributed by atoms with Crippen LogP contribution >= 0.6 is 31.9 Å². The molecule has 0 bridgehead atoms. The van der Waals surface area contributed by atoms with Gasteiger partial charge in [0, 0.05) is 5.33 Å². The van der Waals surface area contributed by atoms with Gasteiger partial charge in [-0.25, -0.2) is 9.13 Å². The lowest BCUT2D eigenvalue weighted by Gasteiger charge is -2.00. The van der Waals surface area contributed by atoms with Crippen molar-refractivity contribution in [3.05, 3.63) is 18.7 Å². The van der Waals surface area contributed by atoms with Gasteiger partial charge in [-0.3, -0.25) is 0 Å². The number of alkyl halides is 2. The third-order valence-electron chi connectivity index (χ3n) is 1.40. The van der Waals surface area contributed by atoms with Crippen molar-refractivity contribution < 1.29 is 4.57 Å². The fraction of sp³-hybridized carbons (Fsp3) is 0.571. The molecule has 0 spiro atoms. The van der Waals surface area contributed by atoms with Crippen molar-refractivity contribution in [2.45, 2.75) is 11.4 Å². The van der Waals surface area contributed by atoms with E-state index in [1.807, 2.05) is 17.8 Å². The summed E-state index contributed by atoms with van der Waals surface area (Å²) in [4.78, 5) is 0.509. The molecule has 1 atom stereocenters. The van der Waals surface area contributed by atoms with Gasteiger partial charge in [0.2, 0.25) is 6.33 Å². The summed E-state index contributed by atoms with van der Waals surface area (Å²) < 4.78 is 4.19. The summed E-state index contributed by atoms with van der Waals surface area (Å²) in [5.41, 5.74) is 0. The molecule has 4 heteroatoms. The lowest BCUT2D eigenvalue weighted by atomic mass is 10.5. The molecule has 0 saturated carbocycles. The molecule has 0 fully saturated rings. The molecule has 62 valence electrons. The SMILES string of the molecule is C[n+]1ccn(CC(Br)CBr)c1. The number of hydrogen-bond donors (Lipinski definition) is 0. The monoisotopic (exact) mass is 281 g/mol. The van der Waals surface area contributed by atoms with Gasteiger partial charge in [-0.2, -0.15) is 0 Å². The number of halogens is 2. The van der Waals surface area contributed by atoms with E-state index in [0.29, 0.717) is 4.83 Å². The van der Waals surface area contributed by atoms with Crippen molar-refractivity contribution in [1.82, 2.24) is 4.57 Å². The summed E-state index contributed by atoms with van der Waals surface area (Å²) in [5.74, 6) is 0. The van der Waals surface area contributed by atoms with Crippen LogP contribution in [0.2, 0.25) is 0 Å². The largest absolute Gasteiger partial charge is 0.243 e. The summed E-state index contributed by atoms with van der Waals surface area (Å²) in [6.45, 7) is 1.01. The van der Waals surface area contributed by atoms with Crippen molar-refractivity contribution >= 4 is 31.9 Å². The maximum Gasteiger partial charge on any atom is 0.243 e. The van der Waals surface area contributed by atoms with Gasteiger partial charge in [0.05, 0.1) is 11.9 Å². The molecular weight excluding hydrogens is 272 g/mol.